The molecule has 0 aliphatic carbocycles. The molecule has 0 saturated heterocycles. The molecule has 2 N–H and O–H groups in total. The van der Waals surface area contributed by atoms with E-state index in [0.29, 0.717) is 17.9 Å². The van der Waals surface area contributed by atoms with Crippen LogP contribution in [0.25, 0.3) is 0 Å². The van der Waals surface area contributed by atoms with E-state index >= 15 is 0 Å². The molecule has 3 amide bonds. The van der Waals surface area contributed by atoms with E-state index in [0.717, 1.165) is 18.8 Å². The standard InChI is InChI=1S/C22H28N4O4/c1-3-25(4-2)18(19-10-7-13-30-19)14-23-20(27)11-12-22(29)26-15-21(28)24-16-8-5-6-9-17(16)26/h5-10,13,18H,3-4,11-12,14-15H2,1-2H3,(H,23,27)(H,24,28). The van der Waals surface area contributed by atoms with E-state index in [2.05, 4.69) is 29.4 Å². The first kappa shape index (κ1) is 21.6. The van der Waals surface area contributed by atoms with Crippen molar-refractivity contribution in [2.45, 2.75) is 32.7 Å². The minimum absolute atomic E-state index is 0.0319. The van der Waals surface area contributed by atoms with Gasteiger partial charge in [0.2, 0.25) is 17.7 Å². The van der Waals surface area contributed by atoms with Gasteiger partial charge in [-0.3, -0.25) is 19.3 Å². The molecule has 2 heterocycles. The lowest BCUT2D eigenvalue weighted by Crippen LogP contribution is -2.42. The van der Waals surface area contributed by atoms with Crippen LogP contribution in [0.5, 0.6) is 0 Å². The van der Waals surface area contributed by atoms with Gasteiger partial charge in [0.25, 0.3) is 0 Å². The fourth-order valence-corrected chi connectivity index (χ4v) is 3.66. The minimum Gasteiger partial charge on any atom is -0.468 e. The Balaban J connectivity index is 1.55. The van der Waals surface area contributed by atoms with Crippen LogP contribution in [0.15, 0.2) is 47.1 Å². The molecule has 1 aliphatic heterocycles. The maximum Gasteiger partial charge on any atom is 0.244 e. The largest absolute Gasteiger partial charge is 0.468 e. The lowest BCUT2D eigenvalue weighted by Gasteiger charge is -2.29. The second-order valence-corrected chi connectivity index (χ2v) is 7.10. The summed E-state index contributed by atoms with van der Waals surface area (Å²) in [5, 5.41) is 5.67. The van der Waals surface area contributed by atoms with Gasteiger partial charge in [-0.2, -0.15) is 0 Å². The maximum absolute atomic E-state index is 12.7. The summed E-state index contributed by atoms with van der Waals surface area (Å²) >= 11 is 0. The molecule has 1 atom stereocenters. The Hall–Kier alpha value is -3.13. The first-order valence-electron chi connectivity index (χ1n) is 10.3. The van der Waals surface area contributed by atoms with Crippen molar-refractivity contribution in [3.8, 4) is 0 Å². The molecule has 0 fully saturated rings. The number of likely N-dealkylation sites (N-methyl/N-ethyl adjacent to an activating group) is 1. The van der Waals surface area contributed by atoms with Crippen LogP contribution in [0, 0.1) is 0 Å². The van der Waals surface area contributed by atoms with Crippen molar-refractivity contribution < 1.29 is 18.8 Å². The number of carbonyl (C=O) groups is 3. The van der Waals surface area contributed by atoms with Crippen LogP contribution in [-0.2, 0) is 14.4 Å². The number of furan rings is 1. The summed E-state index contributed by atoms with van der Waals surface area (Å²) in [6.45, 7) is 6.13. The van der Waals surface area contributed by atoms with Crippen LogP contribution in [-0.4, -0.2) is 48.8 Å². The highest BCUT2D eigenvalue weighted by Gasteiger charge is 2.27. The van der Waals surface area contributed by atoms with Gasteiger partial charge in [0, 0.05) is 19.4 Å². The van der Waals surface area contributed by atoms with E-state index in [1.54, 1.807) is 24.5 Å². The zero-order valence-corrected chi connectivity index (χ0v) is 17.4. The van der Waals surface area contributed by atoms with E-state index in [9.17, 15) is 14.4 Å². The zero-order valence-electron chi connectivity index (χ0n) is 17.4. The van der Waals surface area contributed by atoms with E-state index in [1.807, 2.05) is 18.2 Å². The quantitative estimate of drug-likeness (QED) is 0.660. The Morgan fingerprint density at radius 3 is 2.63 bits per heavy atom. The van der Waals surface area contributed by atoms with Crippen molar-refractivity contribution >= 4 is 29.1 Å². The molecule has 1 aliphatic rings. The molecule has 0 saturated carbocycles. The highest BCUT2D eigenvalue weighted by atomic mass is 16.3. The van der Waals surface area contributed by atoms with Gasteiger partial charge >= 0.3 is 0 Å². The van der Waals surface area contributed by atoms with Crippen molar-refractivity contribution in [1.29, 1.82) is 0 Å². The van der Waals surface area contributed by atoms with Gasteiger partial charge in [-0.25, -0.2) is 0 Å². The second kappa shape index (κ2) is 10.1. The van der Waals surface area contributed by atoms with Crippen LogP contribution in [0.2, 0.25) is 0 Å². The van der Waals surface area contributed by atoms with E-state index in [-0.39, 0.29) is 43.1 Å². The Kier molecular flexibility index (Phi) is 7.24. The Bertz CT molecular complexity index is 877. The van der Waals surface area contributed by atoms with Crippen molar-refractivity contribution in [3.63, 3.8) is 0 Å². The number of nitrogens with one attached hydrogen (secondary N) is 2. The minimum atomic E-state index is -0.251. The average molecular weight is 412 g/mol. The highest BCUT2D eigenvalue weighted by molar-refractivity contribution is 6.10. The third-order valence-corrected chi connectivity index (χ3v) is 5.25. The van der Waals surface area contributed by atoms with E-state index in [1.165, 1.54) is 4.90 Å². The molecule has 1 unspecified atom stereocenters. The van der Waals surface area contributed by atoms with Gasteiger partial charge < -0.3 is 20.0 Å². The number of anilines is 2. The van der Waals surface area contributed by atoms with Gasteiger partial charge in [-0.1, -0.05) is 26.0 Å². The number of para-hydroxylation sites is 2. The normalized spacial score (nSPS) is 14.2. The smallest absolute Gasteiger partial charge is 0.244 e. The molecule has 0 bridgehead atoms. The molecule has 8 heteroatoms. The molecule has 0 radical (unpaired) electrons. The van der Waals surface area contributed by atoms with Crippen LogP contribution in [0.3, 0.4) is 0 Å². The zero-order chi connectivity index (χ0) is 21.5. The molecule has 2 aromatic rings. The van der Waals surface area contributed by atoms with Gasteiger partial charge in [0.15, 0.2) is 0 Å². The fraction of sp³-hybridized carbons (Fsp3) is 0.409. The van der Waals surface area contributed by atoms with E-state index < -0.39 is 0 Å². The molecule has 160 valence electrons. The number of hydrogen-bond acceptors (Lipinski definition) is 5. The summed E-state index contributed by atoms with van der Waals surface area (Å²) in [6, 6.07) is 10.8. The number of benzene rings is 1. The Morgan fingerprint density at radius 1 is 1.17 bits per heavy atom. The topological polar surface area (TPSA) is 94.9 Å². The van der Waals surface area contributed by atoms with Crippen LogP contribution >= 0.6 is 0 Å². The molecule has 1 aromatic heterocycles. The number of rotatable bonds is 9. The first-order valence-corrected chi connectivity index (χ1v) is 10.3. The monoisotopic (exact) mass is 412 g/mol. The number of nitrogens with zero attached hydrogens (tertiary/aromatic N) is 2. The molecule has 1 aromatic carbocycles. The van der Waals surface area contributed by atoms with E-state index in [4.69, 9.17) is 4.42 Å². The van der Waals surface area contributed by atoms with Crippen LogP contribution in [0.4, 0.5) is 11.4 Å². The Labute approximate surface area is 176 Å². The molecule has 8 nitrogen and oxygen atoms in total. The number of hydrogen-bond donors (Lipinski definition) is 2. The maximum atomic E-state index is 12.7. The second-order valence-electron chi connectivity index (χ2n) is 7.10. The van der Waals surface area contributed by atoms with Crippen molar-refractivity contribution in [1.82, 2.24) is 10.2 Å². The third-order valence-electron chi connectivity index (χ3n) is 5.25. The summed E-state index contributed by atoms with van der Waals surface area (Å²) in [4.78, 5) is 40.6. The molecular formula is C22H28N4O4. The van der Waals surface area contributed by atoms with Gasteiger partial charge in [-0.05, 0) is 37.4 Å². The summed E-state index contributed by atoms with van der Waals surface area (Å²) < 4.78 is 5.54. The predicted molar refractivity (Wildman–Crippen MR) is 114 cm³/mol. The lowest BCUT2D eigenvalue weighted by atomic mass is 10.1. The van der Waals surface area contributed by atoms with Crippen molar-refractivity contribution in [2.24, 2.45) is 0 Å². The van der Waals surface area contributed by atoms with Crippen LogP contribution < -0.4 is 15.5 Å². The van der Waals surface area contributed by atoms with Gasteiger partial charge in [0.1, 0.15) is 12.3 Å². The molecule has 0 spiro atoms. The Morgan fingerprint density at radius 2 is 1.93 bits per heavy atom. The summed E-state index contributed by atoms with van der Waals surface area (Å²) in [7, 11) is 0. The van der Waals surface area contributed by atoms with Crippen LogP contribution in [0.1, 0.15) is 38.5 Å². The fourth-order valence-electron chi connectivity index (χ4n) is 3.66. The van der Waals surface area contributed by atoms with Crippen molar-refractivity contribution in [2.75, 3.05) is 36.4 Å². The molecular weight excluding hydrogens is 384 g/mol. The average Bonchev–Trinajstić information content (AvgIpc) is 3.28. The van der Waals surface area contributed by atoms with Crippen molar-refractivity contribution in [3.05, 3.63) is 48.4 Å². The summed E-state index contributed by atoms with van der Waals surface area (Å²) in [6.07, 6.45) is 1.71. The summed E-state index contributed by atoms with van der Waals surface area (Å²) in [5.74, 6) is 0.0959. The number of fused-ring (bicyclic) bond motifs is 1. The van der Waals surface area contributed by atoms with Gasteiger partial charge in [0.05, 0.1) is 23.7 Å². The first-order chi connectivity index (χ1) is 14.5. The molecule has 3 rings (SSSR count). The number of carbonyl (C=O) groups excluding carboxylic acids is 3. The highest BCUT2D eigenvalue weighted by Crippen LogP contribution is 2.29. The SMILES string of the molecule is CCN(CC)C(CNC(=O)CCC(=O)N1CC(=O)Nc2ccccc21)c1ccco1. The van der Waals surface area contributed by atoms with Gasteiger partial charge in [-0.15, -0.1) is 0 Å². The number of amides is 3. The summed E-state index contributed by atoms with van der Waals surface area (Å²) in [5.41, 5.74) is 1.26. The third kappa shape index (κ3) is 5.07. The lowest BCUT2D eigenvalue weighted by molar-refractivity contribution is -0.126. The predicted octanol–water partition coefficient (Wildman–Crippen LogP) is 2.54. The molecule has 30 heavy (non-hydrogen) atoms.